The molecule has 2 aromatic heterocycles. The Balaban J connectivity index is 0.00000626. The zero-order valence-electron chi connectivity index (χ0n) is 44.7. The molecule has 0 amide bonds. The molecule has 0 fully saturated rings. The maximum absolute atomic E-state index is 9.05. The Hall–Kier alpha value is -6.75. The van der Waals surface area contributed by atoms with Gasteiger partial charge in [-0.25, -0.2) is 9.97 Å². The van der Waals surface area contributed by atoms with Crippen molar-refractivity contribution in [3.05, 3.63) is 219 Å². The summed E-state index contributed by atoms with van der Waals surface area (Å²) in [6.07, 6.45) is 3.64. The van der Waals surface area contributed by atoms with Crippen molar-refractivity contribution in [2.75, 3.05) is 14.7 Å². The minimum atomic E-state index is -0.559. The molecular weight excluding hydrogens is 893 g/mol. The van der Waals surface area contributed by atoms with Crippen molar-refractivity contribution in [1.82, 2.24) is 9.97 Å². The van der Waals surface area contributed by atoms with Gasteiger partial charge in [-0.3, -0.25) is 0 Å². The van der Waals surface area contributed by atoms with Gasteiger partial charge in [0.25, 0.3) is 0 Å². The van der Waals surface area contributed by atoms with Crippen molar-refractivity contribution < 1.29 is 34.1 Å². The summed E-state index contributed by atoms with van der Waals surface area (Å²) in [5, 5.41) is 0. The molecule has 0 aliphatic carbocycles. The zero-order valence-corrected chi connectivity index (χ0v) is 37.1. The molecule has 0 atom stereocenters. The minimum Gasteiger partial charge on any atom is -0.493 e. The number of hydrogen-bond acceptors (Lipinski definition) is 6. The van der Waals surface area contributed by atoms with E-state index in [9.17, 15) is 0 Å². The molecule has 9 aromatic rings. The Kier molecular flexibility index (Phi) is 8.32. The first-order valence-electron chi connectivity index (χ1n) is 25.4. The average Bonchev–Trinajstić information content (AvgIpc) is 3.73. The van der Waals surface area contributed by atoms with Crippen LogP contribution in [0.3, 0.4) is 0 Å². The number of aromatic nitrogens is 2. The molecule has 4 heterocycles. The quantitative estimate of drug-likeness (QED) is 0.117. The van der Waals surface area contributed by atoms with Gasteiger partial charge in [-0.15, -0.1) is 57.7 Å². The Bertz CT molecular complexity index is 3610. The third kappa shape index (κ3) is 7.50. The fourth-order valence-corrected chi connectivity index (χ4v) is 9.03. The number of para-hydroxylation sites is 3. The first-order chi connectivity index (χ1) is 35.0. The predicted octanol–water partition coefficient (Wildman–Crippen LogP) is 15.4. The van der Waals surface area contributed by atoms with E-state index in [1.807, 2.05) is 77.8 Å². The second-order valence-corrected chi connectivity index (χ2v) is 17.1. The number of hydrogen-bond donors (Lipinski definition) is 0. The number of pyridine rings is 2. The van der Waals surface area contributed by atoms with Gasteiger partial charge in [0.2, 0.25) is 0 Å². The van der Waals surface area contributed by atoms with Crippen LogP contribution in [0, 0.1) is 18.8 Å². The van der Waals surface area contributed by atoms with E-state index in [0.29, 0.717) is 22.9 Å². The molecule has 0 saturated heterocycles. The van der Waals surface area contributed by atoms with E-state index in [4.69, 9.17) is 23.7 Å². The number of rotatable bonds is 7. The topological polar surface area (TPSA) is 35.5 Å². The van der Waals surface area contributed by atoms with Crippen molar-refractivity contribution in [2.45, 2.75) is 36.0 Å². The van der Waals surface area contributed by atoms with E-state index in [2.05, 4.69) is 74.2 Å². The summed E-state index contributed by atoms with van der Waals surface area (Å²) in [4.78, 5) is 17.3. The first-order valence-corrected chi connectivity index (χ1v) is 21.2. The summed E-state index contributed by atoms with van der Waals surface area (Å²) in [5.74, 6) is 1.44. The van der Waals surface area contributed by atoms with Gasteiger partial charge in [-0.1, -0.05) is 147 Å². The number of nitrogens with zero attached hydrogens (tertiary/aromatic N) is 5. The van der Waals surface area contributed by atoms with Crippen molar-refractivity contribution in [2.24, 2.45) is 0 Å². The van der Waals surface area contributed by atoms with Crippen LogP contribution in [0.4, 0.5) is 40.1 Å². The van der Waals surface area contributed by atoms with E-state index in [-0.39, 0.29) is 53.8 Å². The zero-order chi connectivity index (χ0) is 51.2. The Morgan fingerprint density at radius 3 is 1.88 bits per heavy atom. The van der Waals surface area contributed by atoms with Crippen LogP contribution < -0.4 is 14.7 Å². The Morgan fingerprint density at radius 1 is 0.562 bits per heavy atom. The summed E-state index contributed by atoms with van der Waals surface area (Å²) in [7, 11) is 0. The standard InChI is InChI=1S/C57H42N5S.Pd/c1-57(2,3)41-32-34-58-54(35-41)62-53-37-44(30-31-49(53)47-23-10-11-24-48(47)50-27-16-33-59-56(50)62)63-43-22-14-21-42(36-43)60-38-61(52-29-13-12-28-51(52)60)55-45(39-17-6-4-7-18-39)25-15-26-46(55)40-19-8-5-9-20-40;/h4-35,38H,1-3H3;/q-3;/i4D,5D,6D,7D,8D,9D,17D,18D,19D,20D;. The number of anilines is 7. The van der Waals surface area contributed by atoms with E-state index in [0.717, 1.165) is 49.1 Å². The van der Waals surface area contributed by atoms with Crippen LogP contribution in [0.25, 0.3) is 44.5 Å². The third-order valence-corrected chi connectivity index (χ3v) is 12.1. The fourth-order valence-electron chi connectivity index (χ4n) is 8.20. The molecule has 7 heteroatoms. The van der Waals surface area contributed by atoms with E-state index in [1.165, 1.54) is 11.8 Å². The molecule has 0 saturated carbocycles. The summed E-state index contributed by atoms with van der Waals surface area (Å²) < 4.78 is 87.3. The summed E-state index contributed by atoms with van der Waals surface area (Å²) in [5.41, 5.74) is 8.13. The molecule has 11 rings (SSSR count). The van der Waals surface area contributed by atoms with E-state index >= 15 is 0 Å². The molecule has 5 nitrogen and oxygen atoms in total. The molecule has 0 unspecified atom stereocenters. The van der Waals surface area contributed by atoms with Gasteiger partial charge in [0.05, 0.1) is 13.7 Å². The summed E-state index contributed by atoms with van der Waals surface area (Å²) in [6.45, 7) is 8.32. The maximum Gasteiger partial charge on any atom is 0.144 e. The van der Waals surface area contributed by atoms with Crippen molar-refractivity contribution in [1.29, 1.82) is 0 Å². The first kappa shape index (κ1) is 31.2. The van der Waals surface area contributed by atoms with Gasteiger partial charge in [0, 0.05) is 66.6 Å². The average molecular weight is 946 g/mol. The van der Waals surface area contributed by atoms with Crippen molar-refractivity contribution in [3.8, 4) is 44.5 Å². The largest absolute Gasteiger partial charge is 0.493 e. The van der Waals surface area contributed by atoms with Crippen LogP contribution in [0.1, 0.15) is 40.0 Å². The minimum absolute atomic E-state index is 0. The molecule has 314 valence electrons. The molecule has 0 spiro atoms. The summed E-state index contributed by atoms with van der Waals surface area (Å²) >= 11 is 1.48. The second kappa shape index (κ2) is 17.1. The fraction of sp³-hybridized carbons (Fsp3) is 0.0702. The van der Waals surface area contributed by atoms with Gasteiger partial charge in [-0.2, -0.15) is 24.3 Å². The van der Waals surface area contributed by atoms with Gasteiger partial charge >= 0.3 is 0 Å². The summed E-state index contributed by atoms with van der Waals surface area (Å²) in [6, 6.07) is 41.1. The molecule has 0 radical (unpaired) electrons. The van der Waals surface area contributed by atoms with Gasteiger partial charge in [0.15, 0.2) is 0 Å². The van der Waals surface area contributed by atoms with Crippen molar-refractivity contribution >= 4 is 51.8 Å². The SMILES string of the molecule is [2H]c1c([2H])c([2H])c(-c2cccc(-c3c([2H])c([2H])c([2H])c([2H])c3[2H])c2N2[CH-]N(c3[c-]c(Sc4[c-]c5c(cc4)-c4ccccc4-c4cccnc4N5c4cc(C(C)(C)C)ccn4)ccc3)c3ccccc32)c([2H])c1[2H].[Pd]. The van der Waals surface area contributed by atoms with Gasteiger partial charge in [-0.05, 0) is 64.1 Å². The van der Waals surface area contributed by atoms with Crippen LogP contribution in [0.15, 0.2) is 204 Å². The molecule has 2 aliphatic heterocycles. The maximum atomic E-state index is 9.05. The van der Waals surface area contributed by atoms with E-state index < -0.39 is 60.4 Å². The third-order valence-electron chi connectivity index (χ3n) is 11.1. The smallest absolute Gasteiger partial charge is 0.144 e. The van der Waals surface area contributed by atoms with Crippen LogP contribution in [0.2, 0.25) is 0 Å². The normalized spacial score (nSPS) is 14.9. The number of benzene rings is 7. The van der Waals surface area contributed by atoms with Gasteiger partial charge < -0.3 is 14.7 Å². The van der Waals surface area contributed by atoms with Crippen molar-refractivity contribution in [3.63, 3.8) is 0 Å². The molecular formula is C57H42N5PdS-3. The molecule has 7 aromatic carbocycles. The van der Waals surface area contributed by atoms with Crippen LogP contribution in [0.5, 0.6) is 0 Å². The Morgan fingerprint density at radius 2 is 1.17 bits per heavy atom. The van der Waals surface area contributed by atoms with E-state index in [1.54, 1.807) is 36.0 Å². The monoisotopic (exact) mass is 944 g/mol. The molecule has 64 heavy (non-hydrogen) atoms. The Labute approximate surface area is 407 Å². The molecule has 2 aliphatic rings. The van der Waals surface area contributed by atoms with Crippen LogP contribution in [-0.4, -0.2) is 9.97 Å². The van der Waals surface area contributed by atoms with Crippen LogP contribution >= 0.6 is 11.8 Å². The van der Waals surface area contributed by atoms with Gasteiger partial charge in [0.1, 0.15) is 11.6 Å². The predicted molar refractivity (Wildman–Crippen MR) is 260 cm³/mol. The molecule has 0 bridgehead atoms. The van der Waals surface area contributed by atoms with Crippen LogP contribution in [-0.2, 0) is 25.8 Å². The number of fused-ring (bicyclic) bond motifs is 6. The second-order valence-electron chi connectivity index (χ2n) is 16.0. The molecule has 0 N–H and O–H groups in total.